The summed E-state index contributed by atoms with van der Waals surface area (Å²) < 4.78 is 1.77. The Bertz CT molecular complexity index is 1310. The van der Waals surface area contributed by atoms with E-state index in [1.165, 1.54) is 28.3 Å². The van der Waals surface area contributed by atoms with Gasteiger partial charge in [-0.05, 0) is 60.5 Å². The molecule has 1 N–H and O–H groups in total. The van der Waals surface area contributed by atoms with Gasteiger partial charge in [0.25, 0.3) is 5.91 Å². The van der Waals surface area contributed by atoms with Crippen molar-refractivity contribution in [1.29, 1.82) is 0 Å². The molecule has 2 aromatic rings. The lowest BCUT2D eigenvalue weighted by Crippen LogP contribution is -2.62. The van der Waals surface area contributed by atoms with Gasteiger partial charge in [0.05, 0.1) is 6.04 Å². The number of benzene rings is 1. The van der Waals surface area contributed by atoms with Crippen molar-refractivity contribution < 1.29 is 9.90 Å². The smallest absolute Gasteiger partial charge is 0.277 e. The van der Waals surface area contributed by atoms with Gasteiger partial charge in [0.15, 0.2) is 11.4 Å². The van der Waals surface area contributed by atoms with E-state index in [4.69, 9.17) is 0 Å². The number of carbonyl (C=O) groups is 1. The fraction of sp³-hybridized carbons (Fsp3) is 0.467. The van der Waals surface area contributed by atoms with E-state index >= 15 is 0 Å². The van der Waals surface area contributed by atoms with Gasteiger partial charge in [-0.2, -0.15) is 0 Å². The highest BCUT2D eigenvalue weighted by molar-refractivity contribution is 5.96. The molecule has 0 saturated heterocycles. The number of hydrogen-bond acceptors (Lipinski definition) is 5. The monoisotopic (exact) mass is 502 g/mol. The van der Waals surface area contributed by atoms with E-state index in [9.17, 15) is 14.7 Å². The Balaban J connectivity index is 1.76. The summed E-state index contributed by atoms with van der Waals surface area (Å²) in [5.41, 5.74) is 4.76. The summed E-state index contributed by atoms with van der Waals surface area (Å²) in [6.07, 6.45) is 9.60. The SMILES string of the molecule is CCN(CC)CCC1N(C)C(=O)c2c(O)c(=O)ccn2N1C1C2=C(C=CCC2C)CCc2ccccc21. The maximum absolute atomic E-state index is 13.6. The highest BCUT2D eigenvalue weighted by Gasteiger charge is 2.44. The van der Waals surface area contributed by atoms with Crippen molar-refractivity contribution in [3.05, 3.63) is 86.9 Å². The molecule has 2 heterocycles. The van der Waals surface area contributed by atoms with Crippen LogP contribution in [0.15, 0.2) is 64.6 Å². The molecule has 3 atom stereocenters. The molecule has 1 aliphatic heterocycles. The second-order valence-corrected chi connectivity index (χ2v) is 10.4. The Labute approximate surface area is 219 Å². The molecule has 1 aromatic carbocycles. The topological polar surface area (TPSA) is 69.0 Å². The Morgan fingerprint density at radius 2 is 1.84 bits per heavy atom. The average molecular weight is 503 g/mol. The second-order valence-electron chi connectivity index (χ2n) is 10.4. The number of carbonyl (C=O) groups excluding carboxylic acids is 1. The fourth-order valence-corrected chi connectivity index (χ4v) is 6.37. The van der Waals surface area contributed by atoms with Gasteiger partial charge < -0.3 is 14.9 Å². The normalized spacial score (nSPS) is 23.2. The Kier molecular flexibility index (Phi) is 6.99. The van der Waals surface area contributed by atoms with Gasteiger partial charge in [-0.3, -0.25) is 19.3 Å². The quantitative estimate of drug-likeness (QED) is 0.641. The highest BCUT2D eigenvalue weighted by atomic mass is 16.3. The van der Waals surface area contributed by atoms with Crippen LogP contribution in [0, 0.1) is 5.92 Å². The van der Waals surface area contributed by atoms with Crippen molar-refractivity contribution >= 4 is 5.91 Å². The second kappa shape index (κ2) is 10.2. The number of aromatic nitrogens is 1. The first-order valence-electron chi connectivity index (χ1n) is 13.6. The maximum Gasteiger partial charge on any atom is 0.277 e. The molecule has 0 fully saturated rings. The molecule has 5 rings (SSSR count). The van der Waals surface area contributed by atoms with Crippen LogP contribution in [0.1, 0.15) is 67.7 Å². The van der Waals surface area contributed by atoms with Crippen LogP contribution in [-0.2, 0) is 6.42 Å². The zero-order chi connectivity index (χ0) is 26.3. The van der Waals surface area contributed by atoms with E-state index in [1.54, 1.807) is 22.8 Å². The molecule has 1 aromatic heterocycles. The lowest BCUT2D eigenvalue weighted by molar-refractivity contribution is 0.0587. The highest BCUT2D eigenvalue weighted by Crippen LogP contribution is 2.45. The standard InChI is InChI=1S/C30H38N4O3/c1-5-32(6-2)18-17-25-31(4)30(37)28-29(36)24(35)16-19-33(28)34(25)27-23-13-8-7-11-21(23)14-15-22-12-9-10-20(3)26(22)27/h7-9,11-13,16,19-20,25,27,36H,5-6,10,14-15,17-18H2,1-4H3. The van der Waals surface area contributed by atoms with E-state index < -0.39 is 11.2 Å². The van der Waals surface area contributed by atoms with Gasteiger partial charge in [0.2, 0.25) is 5.43 Å². The summed E-state index contributed by atoms with van der Waals surface area (Å²) in [6, 6.07) is 9.84. The first-order chi connectivity index (χ1) is 17.9. The largest absolute Gasteiger partial charge is 0.502 e. The average Bonchev–Trinajstić information content (AvgIpc) is 3.07. The fourth-order valence-electron chi connectivity index (χ4n) is 6.37. The van der Waals surface area contributed by atoms with Gasteiger partial charge in [0.1, 0.15) is 6.17 Å². The molecule has 37 heavy (non-hydrogen) atoms. The predicted molar refractivity (Wildman–Crippen MR) is 146 cm³/mol. The number of nitrogens with zero attached hydrogens (tertiary/aromatic N) is 4. The summed E-state index contributed by atoms with van der Waals surface area (Å²) >= 11 is 0. The number of amides is 1. The van der Waals surface area contributed by atoms with Crippen LogP contribution in [0.4, 0.5) is 0 Å². The van der Waals surface area contributed by atoms with Crippen LogP contribution in [0.2, 0.25) is 0 Å². The molecule has 3 aliphatic rings. The molecule has 196 valence electrons. The zero-order valence-electron chi connectivity index (χ0n) is 22.4. The predicted octanol–water partition coefficient (Wildman–Crippen LogP) is 4.22. The zero-order valence-corrected chi connectivity index (χ0v) is 22.4. The van der Waals surface area contributed by atoms with Crippen LogP contribution in [0.5, 0.6) is 5.75 Å². The number of hydrogen-bond donors (Lipinski definition) is 1. The van der Waals surface area contributed by atoms with Crippen molar-refractivity contribution in [3.63, 3.8) is 0 Å². The van der Waals surface area contributed by atoms with Crippen molar-refractivity contribution in [1.82, 2.24) is 14.5 Å². The van der Waals surface area contributed by atoms with Gasteiger partial charge in [-0.25, -0.2) is 0 Å². The molecular formula is C30H38N4O3. The lowest BCUT2D eigenvalue weighted by atomic mass is 9.81. The lowest BCUT2D eigenvalue weighted by Gasteiger charge is -2.50. The Morgan fingerprint density at radius 1 is 1.08 bits per heavy atom. The molecule has 0 radical (unpaired) electrons. The molecular weight excluding hydrogens is 464 g/mol. The number of fused-ring (bicyclic) bond motifs is 2. The van der Waals surface area contributed by atoms with Gasteiger partial charge in [0, 0.05) is 32.3 Å². The first kappa shape index (κ1) is 25.3. The number of rotatable bonds is 6. The third-order valence-corrected chi connectivity index (χ3v) is 8.46. The molecule has 7 heteroatoms. The van der Waals surface area contributed by atoms with E-state index in [0.717, 1.165) is 45.3 Å². The van der Waals surface area contributed by atoms with E-state index in [1.807, 2.05) is 0 Å². The van der Waals surface area contributed by atoms with Gasteiger partial charge in [-0.1, -0.05) is 57.2 Å². The van der Waals surface area contributed by atoms with Crippen LogP contribution in [0.25, 0.3) is 0 Å². The van der Waals surface area contributed by atoms with Crippen LogP contribution < -0.4 is 10.4 Å². The van der Waals surface area contributed by atoms with E-state index in [-0.39, 0.29) is 23.8 Å². The van der Waals surface area contributed by atoms with Crippen molar-refractivity contribution in [3.8, 4) is 5.75 Å². The third-order valence-electron chi connectivity index (χ3n) is 8.46. The molecule has 7 nitrogen and oxygen atoms in total. The van der Waals surface area contributed by atoms with E-state index in [0.29, 0.717) is 5.92 Å². The summed E-state index contributed by atoms with van der Waals surface area (Å²) in [6.45, 7) is 9.31. The van der Waals surface area contributed by atoms with Crippen LogP contribution in [0.3, 0.4) is 0 Å². The summed E-state index contributed by atoms with van der Waals surface area (Å²) in [7, 11) is 1.80. The molecule has 3 unspecified atom stereocenters. The minimum Gasteiger partial charge on any atom is -0.502 e. The Morgan fingerprint density at radius 3 is 2.59 bits per heavy atom. The number of allylic oxidation sites excluding steroid dienone is 3. The van der Waals surface area contributed by atoms with Gasteiger partial charge in [-0.15, -0.1) is 0 Å². The molecule has 2 aliphatic carbocycles. The van der Waals surface area contributed by atoms with Crippen molar-refractivity contribution in [2.45, 2.75) is 58.7 Å². The van der Waals surface area contributed by atoms with Crippen LogP contribution in [-0.4, -0.2) is 58.3 Å². The van der Waals surface area contributed by atoms with Gasteiger partial charge >= 0.3 is 0 Å². The molecule has 1 amide bonds. The molecule has 0 saturated carbocycles. The van der Waals surface area contributed by atoms with E-state index in [2.05, 4.69) is 67.1 Å². The summed E-state index contributed by atoms with van der Waals surface area (Å²) in [4.78, 5) is 30.2. The van der Waals surface area contributed by atoms with Crippen LogP contribution >= 0.6 is 0 Å². The number of pyridine rings is 1. The molecule has 0 bridgehead atoms. The van der Waals surface area contributed by atoms with Crippen molar-refractivity contribution in [2.75, 3.05) is 31.7 Å². The molecule has 0 spiro atoms. The summed E-state index contributed by atoms with van der Waals surface area (Å²) in [5.74, 6) is -0.484. The first-order valence-corrected chi connectivity index (χ1v) is 13.6. The number of aromatic hydroxyl groups is 1. The number of aryl methyl sites for hydroxylation is 1. The summed E-state index contributed by atoms with van der Waals surface area (Å²) in [5, 5.41) is 13.1. The minimum absolute atomic E-state index is 0.0389. The Hall–Kier alpha value is -3.32. The maximum atomic E-state index is 13.6. The minimum atomic E-state index is -0.537. The third kappa shape index (κ3) is 4.29. The van der Waals surface area contributed by atoms with Crippen molar-refractivity contribution in [2.24, 2.45) is 5.92 Å².